The first-order valence-corrected chi connectivity index (χ1v) is 11.1. The standard InChI is InChI=1S/2C4H9.2C2H5O.Sn/c2*1-4(2)3;2*1-2-3;/h2*1-3H3;2*2H2,1H3;/q;;2*-1;+2. The van der Waals surface area contributed by atoms with Gasteiger partial charge in [-0.2, -0.15) is 0 Å². The zero-order valence-electron chi connectivity index (χ0n) is 11.7. The summed E-state index contributed by atoms with van der Waals surface area (Å²) in [5, 5.41) is 0. The van der Waals surface area contributed by atoms with Crippen LogP contribution >= 0.6 is 0 Å². The Morgan fingerprint density at radius 2 is 1.00 bits per heavy atom. The van der Waals surface area contributed by atoms with Crippen LogP contribution in [0.4, 0.5) is 0 Å². The molecule has 0 saturated heterocycles. The van der Waals surface area contributed by atoms with Crippen LogP contribution < -0.4 is 0 Å². The van der Waals surface area contributed by atoms with Crippen LogP contribution in [0.2, 0.25) is 6.86 Å². The van der Waals surface area contributed by atoms with Crippen LogP contribution in [0.15, 0.2) is 0 Å². The van der Waals surface area contributed by atoms with Crippen molar-refractivity contribution in [3.8, 4) is 0 Å². The Morgan fingerprint density at radius 1 is 0.733 bits per heavy atom. The third-order valence-electron chi connectivity index (χ3n) is 2.67. The van der Waals surface area contributed by atoms with E-state index in [-0.39, 0.29) is 6.86 Å². The second kappa shape index (κ2) is 5.37. The van der Waals surface area contributed by atoms with Crippen molar-refractivity contribution in [3.63, 3.8) is 0 Å². The van der Waals surface area contributed by atoms with Crippen LogP contribution in [-0.4, -0.2) is 32.4 Å². The van der Waals surface area contributed by atoms with Gasteiger partial charge in [0, 0.05) is 0 Å². The molecular weight excluding hydrogens is 295 g/mol. The first kappa shape index (κ1) is 15.7. The van der Waals surface area contributed by atoms with E-state index in [9.17, 15) is 0 Å². The van der Waals surface area contributed by atoms with Gasteiger partial charge in [-0.25, -0.2) is 0 Å². The van der Waals surface area contributed by atoms with Crippen molar-refractivity contribution in [2.24, 2.45) is 0 Å². The molecule has 15 heavy (non-hydrogen) atoms. The van der Waals surface area contributed by atoms with Crippen LogP contribution in [0.25, 0.3) is 0 Å². The summed E-state index contributed by atoms with van der Waals surface area (Å²) in [5.74, 6) is 0. The molecule has 0 bridgehead atoms. The van der Waals surface area contributed by atoms with Crippen LogP contribution in [0.3, 0.4) is 0 Å². The van der Waals surface area contributed by atoms with Crippen molar-refractivity contribution in [2.75, 3.05) is 13.2 Å². The van der Waals surface area contributed by atoms with Crippen molar-refractivity contribution in [2.45, 2.75) is 62.3 Å². The molecule has 0 amide bonds. The van der Waals surface area contributed by atoms with Crippen molar-refractivity contribution in [1.82, 2.24) is 0 Å². The summed E-state index contributed by atoms with van der Waals surface area (Å²) in [5.41, 5.74) is 0. The quantitative estimate of drug-likeness (QED) is 0.725. The van der Waals surface area contributed by atoms with Crippen molar-refractivity contribution < 1.29 is 6.15 Å². The summed E-state index contributed by atoms with van der Waals surface area (Å²) in [7, 11) is 0. The molecule has 0 rings (SSSR count). The zero-order chi connectivity index (χ0) is 12.3. The predicted molar refractivity (Wildman–Crippen MR) is 68.4 cm³/mol. The van der Waals surface area contributed by atoms with E-state index >= 15 is 0 Å². The number of hydrogen-bond donors (Lipinski definition) is 0. The fraction of sp³-hybridized carbons (Fsp3) is 1.00. The van der Waals surface area contributed by atoms with Gasteiger partial charge in [0.1, 0.15) is 0 Å². The number of hydrogen-bond acceptors (Lipinski definition) is 2. The molecule has 0 fully saturated rings. The van der Waals surface area contributed by atoms with Gasteiger partial charge in [0.25, 0.3) is 0 Å². The normalized spacial score (nSPS) is 14.4. The van der Waals surface area contributed by atoms with Crippen molar-refractivity contribution in [1.29, 1.82) is 0 Å². The van der Waals surface area contributed by atoms with Gasteiger partial charge in [-0.15, -0.1) is 0 Å². The maximum absolute atomic E-state index is 6.19. The Labute approximate surface area is 101 Å². The average Bonchev–Trinajstić information content (AvgIpc) is 1.99. The van der Waals surface area contributed by atoms with Gasteiger partial charge in [-0.1, -0.05) is 0 Å². The van der Waals surface area contributed by atoms with E-state index < -0.39 is 19.2 Å². The minimum atomic E-state index is -3.06. The molecule has 0 N–H and O–H groups in total. The minimum absolute atomic E-state index is 0.166. The Hall–Kier alpha value is 0.719. The summed E-state index contributed by atoms with van der Waals surface area (Å²) < 4.78 is 12.7. The molecule has 0 spiro atoms. The van der Waals surface area contributed by atoms with E-state index in [1.54, 1.807) is 0 Å². The van der Waals surface area contributed by atoms with Crippen LogP contribution in [-0.2, 0) is 6.15 Å². The van der Waals surface area contributed by atoms with Gasteiger partial charge in [-0.3, -0.25) is 0 Å². The fourth-order valence-corrected chi connectivity index (χ4v) is 16.4. The Kier molecular flexibility index (Phi) is 5.62. The van der Waals surface area contributed by atoms with Crippen molar-refractivity contribution in [3.05, 3.63) is 0 Å². The molecule has 92 valence electrons. The molecule has 0 aromatic rings. The molecule has 0 aliphatic rings. The van der Waals surface area contributed by atoms with Crippen LogP contribution in [0.1, 0.15) is 55.4 Å². The average molecular weight is 323 g/mol. The van der Waals surface area contributed by atoms with Crippen molar-refractivity contribution >= 4 is 19.2 Å². The third-order valence-corrected chi connectivity index (χ3v) is 17.9. The molecule has 0 unspecified atom stereocenters. The summed E-state index contributed by atoms with van der Waals surface area (Å²) >= 11 is -3.06. The first-order chi connectivity index (χ1) is 6.62. The summed E-state index contributed by atoms with van der Waals surface area (Å²) in [4.78, 5) is 0. The summed E-state index contributed by atoms with van der Waals surface area (Å²) in [6.45, 7) is 19.3. The molecule has 2 nitrogen and oxygen atoms in total. The number of rotatable bonds is 4. The van der Waals surface area contributed by atoms with Gasteiger partial charge < -0.3 is 0 Å². The second-order valence-corrected chi connectivity index (χ2v) is 19.7. The molecule has 0 aromatic carbocycles. The van der Waals surface area contributed by atoms with E-state index in [0.717, 1.165) is 13.2 Å². The topological polar surface area (TPSA) is 18.5 Å². The Morgan fingerprint density at radius 3 is 1.13 bits per heavy atom. The summed E-state index contributed by atoms with van der Waals surface area (Å²) in [6, 6.07) is 0. The molecule has 0 saturated carbocycles. The van der Waals surface area contributed by atoms with E-state index in [4.69, 9.17) is 6.15 Å². The Bertz CT molecular complexity index is 167. The molecule has 0 radical (unpaired) electrons. The van der Waals surface area contributed by atoms with Crippen LogP contribution in [0.5, 0.6) is 0 Å². The molecule has 0 aromatic heterocycles. The molecule has 0 atom stereocenters. The van der Waals surface area contributed by atoms with Gasteiger partial charge in [0.05, 0.1) is 0 Å². The van der Waals surface area contributed by atoms with Gasteiger partial charge >= 0.3 is 101 Å². The molecule has 3 heteroatoms. The van der Waals surface area contributed by atoms with Gasteiger partial charge in [0.2, 0.25) is 0 Å². The molecule has 0 aliphatic heterocycles. The summed E-state index contributed by atoms with van der Waals surface area (Å²) in [6.07, 6.45) is 0. The van der Waals surface area contributed by atoms with Gasteiger partial charge in [-0.05, 0) is 0 Å². The zero-order valence-corrected chi connectivity index (χ0v) is 14.6. The van der Waals surface area contributed by atoms with E-state index in [1.807, 2.05) is 0 Å². The first-order valence-electron chi connectivity index (χ1n) is 5.90. The fourth-order valence-electron chi connectivity index (χ4n) is 2.44. The second-order valence-electron chi connectivity index (χ2n) is 5.98. The Balaban J connectivity index is 5.28. The maximum atomic E-state index is 6.19. The van der Waals surface area contributed by atoms with E-state index in [2.05, 4.69) is 55.4 Å². The third kappa shape index (κ3) is 3.34. The SMILES string of the molecule is CC[O][Sn]([O]CC)([C](C)(C)C)[C](C)(C)C. The van der Waals surface area contributed by atoms with E-state index in [0.29, 0.717) is 0 Å². The van der Waals surface area contributed by atoms with Crippen LogP contribution in [0, 0.1) is 0 Å². The monoisotopic (exact) mass is 324 g/mol. The van der Waals surface area contributed by atoms with E-state index in [1.165, 1.54) is 0 Å². The molecule has 0 heterocycles. The predicted octanol–water partition coefficient (Wildman–Crippen LogP) is 4.10. The molecule has 0 aliphatic carbocycles. The van der Waals surface area contributed by atoms with Gasteiger partial charge in [0.15, 0.2) is 0 Å². The molecular formula is C12H28O2Sn.